The molecule has 0 radical (unpaired) electrons. The van der Waals surface area contributed by atoms with E-state index in [9.17, 15) is 26.7 Å². The average Bonchev–Trinajstić information content (AvgIpc) is 3.02. The summed E-state index contributed by atoms with van der Waals surface area (Å²) in [5, 5.41) is 2.20. The van der Waals surface area contributed by atoms with Crippen LogP contribution in [-0.2, 0) is 6.42 Å². The van der Waals surface area contributed by atoms with Gasteiger partial charge in [-0.25, -0.2) is 22.0 Å². The summed E-state index contributed by atoms with van der Waals surface area (Å²) in [4.78, 5) is 12.1. The van der Waals surface area contributed by atoms with Gasteiger partial charge in [-0.05, 0) is 40.8 Å². The third-order valence-electron chi connectivity index (χ3n) is 4.49. The number of halogens is 5. The van der Waals surface area contributed by atoms with Gasteiger partial charge in [-0.1, -0.05) is 30.3 Å². The maximum atomic E-state index is 13.8. The van der Waals surface area contributed by atoms with Crippen LogP contribution in [0.4, 0.5) is 27.6 Å². The van der Waals surface area contributed by atoms with Gasteiger partial charge >= 0.3 is 0 Å². The van der Waals surface area contributed by atoms with Crippen molar-refractivity contribution >= 4 is 11.6 Å². The van der Waals surface area contributed by atoms with E-state index in [1.54, 1.807) is 12.1 Å². The van der Waals surface area contributed by atoms with Gasteiger partial charge in [-0.2, -0.15) is 0 Å². The number of anilines is 1. The number of amides is 1. The van der Waals surface area contributed by atoms with Gasteiger partial charge < -0.3 is 5.32 Å². The van der Waals surface area contributed by atoms with Crippen molar-refractivity contribution in [2.24, 2.45) is 0 Å². The Balaban J connectivity index is 1.67. The number of carbonyl (C=O) groups excluding carboxylic acids is 1. The molecule has 0 heterocycles. The second-order valence-corrected chi connectivity index (χ2v) is 6.10. The minimum atomic E-state index is -2.31. The van der Waals surface area contributed by atoms with Crippen LogP contribution in [0.25, 0.3) is 11.1 Å². The highest BCUT2D eigenvalue weighted by atomic mass is 19.2. The molecule has 2 nitrogen and oxygen atoms in total. The zero-order valence-corrected chi connectivity index (χ0v) is 13.5. The van der Waals surface area contributed by atoms with Gasteiger partial charge in [0, 0.05) is 5.69 Å². The zero-order valence-electron chi connectivity index (χ0n) is 13.5. The highest BCUT2D eigenvalue weighted by molar-refractivity contribution is 6.05. The summed E-state index contributed by atoms with van der Waals surface area (Å²) in [7, 11) is 0. The normalized spacial score (nSPS) is 11.9. The molecule has 1 N–H and O–H groups in total. The van der Waals surface area contributed by atoms with Gasteiger partial charge in [0.25, 0.3) is 5.91 Å². The molecule has 7 heteroatoms. The van der Waals surface area contributed by atoms with E-state index in [1.807, 2.05) is 24.3 Å². The molecule has 0 atom stereocenters. The van der Waals surface area contributed by atoms with Crippen molar-refractivity contribution in [3.63, 3.8) is 0 Å². The van der Waals surface area contributed by atoms with E-state index in [0.717, 1.165) is 22.3 Å². The molecule has 0 aliphatic heterocycles. The first-order valence-corrected chi connectivity index (χ1v) is 7.92. The number of hydrogen-bond acceptors (Lipinski definition) is 1. The number of rotatable bonds is 2. The number of carbonyl (C=O) groups is 1. The fraction of sp³-hybridized carbons (Fsp3) is 0.0500. The lowest BCUT2D eigenvalue weighted by Crippen LogP contribution is -2.19. The van der Waals surface area contributed by atoms with E-state index in [1.165, 1.54) is 6.07 Å². The van der Waals surface area contributed by atoms with Crippen molar-refractivity contribution in [3.05, 3.63) is 88.2 Å². The molecule has 0 saturated carbocycles. The van der Waals surface area contributed by atoms with Gasteiger partial charge in [0.2, 0.25) is 5.82 Å². The third-order valence-corrected chi connectivity index (χ3v) is 4.49. The summed E-state index contributed by atoms with van der Waals surface area (Å²) < 4.78 is 67.2. The van der Waals surface area contributed by atoms with E-state index in [2.05, 4.69) is 5.32 Å². The van der Waals surface area contributed by atoms with Crippen molar-refractivity contribution in [2.75, 3.05) is 5.32 Å². The number of nitrogens with one attached hydrogen (secondary N) is 1. The molecule has 0 aromatic heterocycles. The number of fused-ring (bicyclic) bond motifs is 3. The molecule has 0 fully saturated rings. The molecule has 0 unspecified atom stereocenters. The number of benzene rings is 3. The van der Waals surface area contributed by atoms with E-state index < -0.39 is 40.6 Å². The molecule has 1 aliphatic rings. The van der Waals surface area contributed by atoms with Crippen LogP contribution in [0.5, 0.6) is 0 Å². The summed E-state index contributed by atoms with van der Waals surface area (Å²) in [5.74, 6) is -12.4. The van der Waals surface area contributed by atoms with Gasteiger partial charge in [0.05, 0.1) is 0 Å². The molecule has 1 amide bonds. The Labute approximate surface area is 150 Å². The molecule has 0 bridgehead atoms. The summed E-state index contributed by atoms with van der Waals surface area (Å²) in [6.07, 6.45) is 0.609. The van der Waals surface area contributed by atoms with Crippen LogP contribution in [0.2, 0.25) is 0 Å². The Morgan fingerprint density at radius 1 is 0.741 bits per heavy atom. The average molecular weight is 375 g/mol. The maximum Gasteiger partial charge on any atom is 0.261 e. The predicted octanol–water partition coefficient (Wildman–Crippen LogP) is 5.21. The molecule has 0 spiro atoms. The van der Waals surface area contributed by atoms with Crippen LogP contribution in [0.15, 0.2) is 42.5 Å². The first kappa shape index (κ1) is 17.2. The lowest BCUT2D eigenvalue weighted by atomic mass is 10.1. The molecule has 136 valence electrons. The quantitative estimate of drug-likeness (QED) is 0.291. The van der Waals surface area contributed by atoms with Crippen LogP contribution in [0.3, 0.4) is 0 Å². The molecule has 4 rings (SSSR count). The van der Waals surface area contributed by atoms with Crippen molar-refractivity contribution < 1.29 is 26.7 Å². The van der Waals surface area contributed by atoms with Gasteiger partial charge in [-0.15, -0.1) is 0 Å². The van der Waals surface area contributed by atoms with E-state index in [4.69, 9.17) is 0 Å². The second-order valence-electron chi connectivity index (χ2n) is 6.10. The van der Waals surface area contributed by atoms with Crippen LogP contribution in [0, 0.1) is 29.1 Å². The van der Waals surface area contributed by atoms with Crippen LogP contribution in [0.1, 0.15) is 21.5 Å². The largest absolute Gasteiger partial charge is 0.322 e. The van der Waals surface area contributed by atoms with Crippen molar-refractivity contribution in [3.8, 4) is 11.1 Å². The Morgan fingerprint density at radius 3 is 2.04 bits per heavy atom. The van der Waals surface area contributed by atoms with Crippen molar-refractivity contribution in [1.82, 2.24) is 0 Å². The minimum absolute atomic E-state index is 0.190. The zero-order chi connectivity index (χ0) is 19.3. The SMILES string of the molecule is O=C(Nc1ccc2c(c1)Cc1ccccc1-2)c1c(F)c(F)c(F)c(F)c1F. The summed E-state index contributed by atoms with van der Waals surface area (Å²) in [5.41, 5.74) is 2.65. The monoisotopic (exact) mass is 375 g/mol. The lowest BCUT2D eigenvalue weighted by Gasteiger charge is -2.10. The highest BCUT2D eigenvalue weighted by Crippen LogP contribution is 2.37. The van der Waals surface area contributed by atoms with Gasteiger partial charge in [-0.3, -0.25) is 4.79 Å². The van der Waals surface area contributed by atoms with Crippen LogP contribution >= 0.6 is 0 Å². The Morgan fingerprint density at radius 2 is 1.33 bits per heavy atom. The van der Waals surface area contributed by atoms with Gasteiger partial charge in [0.15, 0.2) is 23.3 Å². The molecule has 3 aromatic carbocycles. The molecule has 0 saturated heterocycles. The molecule has 1 aliphatic carbocycles. The summed E-state index contributed by atoms with van der Waals surface area (Å²) in [6, 6.07) is 12.6. The summed E-state index contributed by atoms with van der Waals surface area (Å²) >= 11 is 0. The van der Waals surface area contributed by atoms with E-state index >= 15 is 0 Å². The molecule has 3 aromatic rings. The fourth-order valence-corrected chi connectivity index (χ4v) is 3.22. The third kappa shape index (κ3) is 2.66. The minimum Gasteiger partial charge on any atom is -0.322 e. The van der Waals surface area contributed by atoms with Gasteiger partial charge in [0.1, 0.15) is 5.56 Å². The molecule has 27 heavy (non-hydrogen) atoms. The van der Waals surface area contributed by atoms with E-state index in [0.29, 0.717) is 6.42 Å². The molecular weight excluding hydrogens is 365 g/mol. The fourth-order valence-electron chi connectivity index (χ4n) is 3.22. The maximum absolute atomic E-state index is 13.8. The first-order valence-electron chi connectivity index (χ1n) is 7.92. The Kier molecular flexibility index (Phi) is 3.95. The standard InChI is InChI=1S/C20H10F5NO/c21-15-14(16(22)18(24)19(25)17(15)23)20(27)26-11-5-6-13-10(8-11)7-9-3-1-2-4-12(9)13/h1-6,8H,7H2,(H,26,27). The molecular formula is C20H10F5NO. The topological polar surface area (TPSA) is 29.1 Å². The predicted molar refractivity (Wildman–Crippen MR) is 88.9 cm³/mol. The first-order chi connectivity index (χ1) is 12.9. The Bertz CT molecular complexity index is 1080. The second kappa shape index (κ2) is 6.19. The van der Waals surface area contributed by atoms with E-state index in [-0.39, 0.29) is 5.69 Å². The lowest BCUT2D eigenvalue weighted by molar-refractivity contribution is 0.101. The smallest absolute Gasteiger partial charge is 0.261 e. The van der Waals surface area contributed by atoms with Crippen LogP contribution in [-0.4, -0.2) is 5.91 Å². The summed E-state index contributed by atoms with van der Waals surface area (Å²) in [6.45, 7) is 0. The van der Waals surface area contributed by atoms with Crippen LogP contribution < -0.4 is 5.32 Å². The number of hydrogen-bond donors (Lipinski definition) is 1. The van der Waals surface area contributed by atoms with Crippen molar-refractivity contribution in [2.45, 2.75) is 6.42 Å². The Hall–Kier alpha value is -3.22. The highest BCUT2D eigenvalue weighted by Gasteiger charge is 2.30. The van der Waals surface area contributed by atoms with Crippen molar-refractivity contribution in [1.29, 1.82) is 0 Å².